The molecule has 0 fully saturated rings. The Balaban J connectivity index is 0.000000921. The van der Waals surface area contributed by atoms with E-state index in [1.807, 2.05) is 13.8 Å². The van der Waals surface area contributed by atoms with E-state index in [1.165, 1.54) is 40.7 Å². The van der Waals surface area contributed by atoms with E-state index in [1.54, 1.807) is 0 Å². The van der Waals surface area contributed by atoms with Gasteiger partial charge >= 0.3 is 0 Å². The van der Waals surface area contributed by atoms with Crippen molar-refractivity contribution in [2.24, 2.45) is 5.73 Å². The highest BCUT2D eigenvalue weighted by atomic mass is 15.1. The Morgan fingerprint density at radius 3 is 2.25 bits per heavy atom. The van der Waals surface area contributed by atoms with Crippen molar-refractivity contribution in [3.05, 3.63) is 84.1 Å². The summed E-state index contributed by atoms with van der Waals surface area (Å²) < 4.78 is 0. The predicted molar refractivity (Wildman–Crippen MR) is 128 cm³/mol. The van der Waals surface area contributed by atoms with Gasteiger partial charge in [-0.3, -0.25) is 0 Å². The van der Waals surface area contributed by atoms with Crippen LogP contribution in [-0.2, 0) is 0 Å². The predicted octanol–water partition coefficient (Wildman–Crippen LogP) is 7.05. The average Bonchev–Trinajstić information content (AvgIpc) is 2.81. The monoisotopic (exact) mass is 376 g/mol. The third-order valence-electron chi connectivity index (χ3n) is 4.75. The van der Waals surface area contributed by atoms with E-state index in [0.717, 1.165) is 12.8 Å². The molecule has 0 aromatic heterocycles. The maximum absolute atomic E-state index is 4.50. The van der Waals surface area contributed by atoms with E-state index in [4.69, 9.17) is 0 Å². The maximum Gasteiger partial charge on any atom is 0.0482 e. The van der Waals surface area contributed by atoms with Gasteiger partial charge in [0, 0.05) is 24.0 Å². The number of allylic oxidation sites excluding steroid dienone is 6. The van der Waals surface area contributed by atoms with E-state index >= 15 is 0 Å². The first-order chi connectivity index (χ1) is 13.7. The maximum atomic E-state index is 4.50. The van der Waals surface area contributed by atoms with Crippen LogP contribution in [0, 0.1) is 0 Å². The Hall–Kier alpha value is -2.58. The summed E-state index contributed by atoms with van der Waals surface area (Å²) in [6.07, 6.45) is 11.0. The zero-order valence-electron chi connectivity index (χ0n) is 18.4. The molecule has 1 aliphatic carbocycles. The van der Waals surface area contributed by atoms with Crippen molar-refractivity contribution in [3.63, 3.8) is 0 Å². The summed E-state index contributed by atoms with van der Waals surface area (Å²) in [5.74, 6) is 0. The van der Waals surface area contributed by atoms with Crippen LogP contribution >= 0.6 is 0 Å². The van der Waals surface area contributed by atoms with Gasteiger partial charge < -0.3 is 10.6 Å². The van der Waals surface area contributed by atoms with Crippen LogP contribution in [0.25, 0.3) is 16.7 Å². The zero-order valence-corrected chi connectivity index (χ0v) is 18.4. The lowest BCUT2D eigenvalue weighted by molar-refractivity contribution is 0.895. The number of hydrogen-bond acceptors (Lipinski definition) is 2. The fraction of sp³-hybridized carbons (Fsp3) is 0.308. The Bertz CT molecular complexity index is 798. The molecule has 0 saturated heterocycles. The molecule has 2 aromatic rings. The lowest BCUT2D eigenvalue weighted by Crippen LogP contribution is -2.18. The second kappa shape index (κ2) is 12.7. The molecule has 2 nitrogen and oxygen atoms in total. The number of benzene rings is 2. The topological polar surface area (TPSA) is 29.3 Å². The molecule has 0 radical (unpaired) electrons. The minimum atomic E-state index is 1.10. The number of anilines is 1. The lowest BCUT2D eigenvalue weighted by Gasteiger charge is -2.27. The van der Waals surface area contributed by atoms with Gasteiger partial charge in [0.2, 0.25) is 0 Å². The van der Waals surface area contributed by atoms with Crippen molar-refractivity contribution >= 4 is 11.3 Å². The van der Waals surface area contributed by atoms with E-state index in [0.29, 0.717) is 0 Å². The number of nitrogens with two attached hydrogens (primary N) is 1. The van der Waals surface area contributed by atoms with E-state index in [2.05, 4.69) is 104 Å². The zero-order chi connectivity index (χ0) is 20.9. The fourth-order valence-electron chi connectivity index (χ4n) is 3.13. The molecule has 2 N–H and O–H groups in total. The quantitative estimate of drug-likeness (QED) is 0.619. The standard InChI is InChI=1S/C23H25N.C2H6.CH5N/c1-4-18(2)22-17-20(19-11-7-5-8-12-19)15-16-23(22)24(3)21-13-9-6-10-14-21;2*1-2/h4-9,11-13,15-17H,10,14H2,1-3H3;1-2H3;2H2,1H3/b18-4+;;. The molecule has 0 spiro atoms. The molecule has 0 heterocycles. The van der Waals surface area contributed by atoms with Crippen molar-refractivity contribution in [1.82, 2.24) is 0 Å². The highest BCUT2D eigenvalue weighted by Crippen LogP contribution is 2.34. The van der Waals surface area contributed by atoms with Gasteiger partial charge in [-0.1, -0.05) is 68.5 Å². The smallest absolute Gasteiger partial charge is 0.0482 e. The minimum absolute atomic E-state index is 1.10. The summed E-state index contributed by atoms with van der Waals surface area (Å²) in [5, 5.41) is 0. The van der Waals surface area contributed by atoms with Gasteiger partial charge in [0.1, 0.15) is 0 Å². The summed E-state index contributed by atoms with van der Waals surface area (Å²) in [4.78, 5) is 2.33. The molecule has 0 aliphatic heterocycles. The van der Waals surface area contributed by atoms with Crippen LogP contribution in [0.15, 0.2) is 78.5 Å². The summed E-state index contributed by atoms with van der Waals surface area (Å²) >= 11 is 0. The normalized spacial score (nSPS) is 12.8. The summed E-state index contributed by atoms with van der Waals surface area (Å²) in [6.45, 7) is 8.30. The van der Waals surface area contributed by atoms with Gasteiger partial charge in [0.05, 0.1) is 0 Å². The molecule has 150 valence electrons. The molecule has 1 aliphatic rings. The largest absolute Gasteiger partial charge is 0.348 e. The molecular formula is C26H36N2. The molecule has 0 atom stereocenters. The number of rotatable bonds is 4. The van der Waals surface area contributed by atoms with Gasteiger partial charge in [-0.15, -0.1) is 0 Å². The van der Waals surface area contributed by atoms with Crippen LogP contribution in [0.2, 0.25) is 0 Å². The van der Waals surface area contributed by atoms with Crippen molar-refractivity contribution in [1.29, 1.82) is 0 Å². The van der Waals surface area contributed by atoms with Crippen LogP contribution in [0.4, 0.5) is 5.69 Å². The van der Waals surface area contributed by atoms with Crippen LogP contribution in [0.1, 0.15) is 46.1 Å². The van der Waals surface area contributed by atoms with Crippen molar-refractivity contribution in [3.8, 4) is 11.1 Å². The third-order valence-corrected chi connectivity index (χ3v) is 4.75. The second-order valence-corrected chi connectivity index (χ2v) is 6.25. The minimum Gasteiger partial charge on any atom is -0.348 e. The average molecular weight is 377 g/mol. The molecule has 0 unspecified atom stereocenters. The Labute approximate surface area is 172 Å². The molecular weight excluding hydrogens is 340 g/mol. The lowest BCUT2D eigenvalue weighted by atomic mass is 9.97. The Kier molecular flexibility index (Phi) is 10.7. The third kappa shape index (κ3) is 5.97. The van der Waals surface area contributed by atoms with E-state index < -0.39 is 0 Å². The van der Waals surface area contributed by atoms with Crippen LogP contribution in [0.5, 0.6) is 0 Å². The van der Waals surface area contributed by atoms with E-state index in [9.17, 15) is 0 Å². The van der Waals surface area contributed by atoms with Crippen molar-refractivity contribution < 1.29 is 0 Å². The fourth-order valence-corrected chi connectivity index (χ4v) is 3.13. The van der Waals surface area contributed by atoms with Crippen LogP contribution in [-0.4, -0.2) is 14.1 Å². The number of nitrogens with zero attached hydrogens (tertiary/aromatic N) is 1. The molecule has 3 rings (SSSR count). The van der Waals surface area contributed by atoms with E-state index in [-0.39, 0.29) is 0 Å². The molecule has 2 heteroatoms. The summed E-state index contributed by atoms with van der Waals surface area (Å²) in [7, 11) is 3.68. The summed E-state index contributed by atoms with van der Waals surface area (Å²) in [6, 6.07) is 17.4. The molecule has 0 saturated carbocycles. The van der Waals surface area contributed by atoms with Gasteiger partial charge in [-0.2, -0.15) is 0 Å². The molecule has 2 aromatic carbocycles. The van der Waals surface area contributed by atoms with Gasteiger partial charge in [0.25, 0.3) is 0 Å². The van der Waals surface area contributed by atoms with Crippen molar-refractivity contribution in [2.45, 2.75) is 40.5 Å². The highest BCUT2D eigenvalue weighted by Gasteiger charge is 2.14. The first-order valence-corrected chi connectivity index (χ1v) is 10.2. The Morgan fingerprint density at radius 2 is 1.68 bits per heavy atom. The van der Waals surface area contributed by atoms with Gasteiger partial charge in [-0.25, -0.2) is 0 Å². The Morgan fingerprint density at radius 1 is 1.00 bits per heavy atom. The number of hydrogen-bond donors (Lipinski definition) is 1. The van der Waals surface area contributed by atoms with Crippen LogP contribution < -0.4 is 10.6 Å². The molecule has 0 bridgehead atoms. The summed E-state index contributed by atoms with van der Waals surface area (Å²) in [5.41, 5.74) is 12.3. The van der Waals surface area contributed by atoms with Gasteiger partial charge in [0.15, 0.2) is 0 Å². The highest BCUT2D eigenvalue weighted by molar-refractivity contribution is 5.81. The first-order valence-electron chi connectivity index (χ1n) is 10.2. The molecule has 28 heavy (non-hydrogen) atoms. The second-order valence-electron chi connectivity index (χ2n) is 6.25. The van der Waals surface area contributed by atoms with Gasteiger partial charge in [-0.05, 0) is 68.6 Å². The van der Waals surface area contributed by atoms with Crippen LogP contribution in [0.3, 0.4) is 0 Å². The van der Waals surface area contributed by atoms with Crippen molar-refractivity contribution in [2.75, 3.05) is 19.0 Å². The molecule has 0 amide bonds. The SMILES string of the molecule is C/C=C(\C)c1cc(-c2ccccc2)ccc1N(C)C1=CC=CCC1.CC.CN. The first kappa shape index (κ1) is 23.5.